The number of likely N-dealkylation sites (N-methyl/N-ethyl adjacent to an activating group) is 1. The maximum atomic E-state index is 12.9. The van der Waals surface area contributed by atoms with Gasteiger partial charge >= 0.3 is 5.97 Å². The lowest BCUT2D eigenvalue weighted by atomic mass is 9.91. The average molecular weight is 317 g/mol. The summed E-state index contributed by atoms with van der Waals surface area (Å²) in [6.07, 6.45) is 0. The number of nitrogens with zero attached hydrogens (tertiary/aromatic N) is 1. The molecule has 1 heterocycles. The molecule has 0 aromatic heterocycles. The SMILES string of the molecule is CCN1OC(C)(C)C(OC(C)=O)=C(c2cc(C)ccc2C)C1=O. The lowest BCUT2D eigenvalue weighted by Crippen LogP contribution is -2.47. The standard InChI is InChI=1S/C18H23NO4/c1-7-19-17(21)15(14-10-11(2)8-9-12(14)3)16(22-13(4)20)18(5,6)23-19/h8-10H,7H2,1-6H3. The minimum Gasteiger partial charge on any atom is -0.427 e. The molecule has 0 radical (unpaired) electrons. The molecule has 5 heteroatoms. The van der Waals surface area contributed by atoms with E-state index in [0.717, 1.165) is 16.7 Å². The van der Waals surface area contributed by atoms with Crippen LogP contribution in [0.3, 0.4) is 0 Å². The first kappa shape index (κ1) is 17.2. The molecule has 2 rings (SSSR count). The Morgan fingerprint density at radius 2 is 1.96 bits per heavy atom. The Hall–Kier alpha value is -2.14. The third-order valence-corrected chi connectivity index (χ3v) is 3.75. The molecular weight excluding hydrogens is 294 g/mol. The summed E-state index contributed by atoms with van der Waals surface area (Å²) in [6.45, 7) is 11.0. The quantitative estimate of drug-likeness (QED) is 0.804. The van der Waals surface area contributed by atoms with Crippen molar-refractivity contribution in [2.24, 2.45) is 0 Å². The molecule has 124 valence electrons. The minimum atomic E-state index is -0.916. The number of amides is 1. The highest BCUT2D eigenvalue weighted by Crippen LogP contribution is 2.38. The van der Waals surface area contributed by atoms with Gasteiger partial charge in [-0.1, -0.05) is 23.8 Å². The number of carbonyl (C=O) groups is 2. The number of hydrogen-bond donors (Lipinski definition) is 0. The first-order chi connectivity index (χ1) is 10.7. The molecule has 0 fully saturated rings. The van der Waals surface area contributed by atoms with Crippen LogP contribution in [0, 0.1) is 13.8 Å². The smallest absolute Gasteiger partial charge is 0.307 e. The fourth-order valence-corrected chi connectivity index (χ4v) is 2.65. The normalized spacial score (nSPS) is 17.5. The highest BCUT2D eigenvalue weighted by Gasteiger charge is 2.43. The Balaban J connectivity index is 2.76. The van der Waals surface area contributed by atoms with Gasteiger partial charge in [-0.25, -0.2) is 5.06 Å². The minimum absolute atomic E-state index is 0.258. The van der Waals surface area contributed by atoms with Gasteiger partial charge in [-0.15, -0.1) is 0 Å². The molecule has 1 amide bonds. The summed E-state index contributed by atoms with van der Waals surface area (Å²) >= 11 is 0. The highest BCUT2D eigenvalue weighted by molar-refractivity contribution is 6.21. The van der Waals surface area contributed by atoms with Crippen LogP contribution in [0.15, 0.2) is 24.0 Å². The molecule has 0 aliphatic carbocycles. The molecule has 1 aromatic carbocycles. The maximum Gasteiger partial charge on any atom is 0.307 e. The monoisotopic (exact) mass is 317 g/mol. The summed E-state index contributed by atoms with van der Waals surface area (Å²) in [4.78, 5) is 30.1. The summed E-state index contributed by atoms with van der Waals surface area (Å²) in [5.41, 5.74) is 2.21. The van der Waals surface area contributed by atoms with E-state index in [1.807, 2.05) is 39.0 Å². The van der Waals surface area contributed by atoms with Gasteiger partial charge in [-0.05, 0) is 45.7 Å². The van der Waals surface area contributed by atoms with Crippen molar-refractivity contribution in [2.75, 3.05) is 6.54 Å². The largest absolute Gasteiger partial charge is 0.427 e. The van der Waals surface area contributed by atoms with Crippen molar-refractivity contribution in [3.8, 4) is 0 Å². The molecular formula is C18H23NO4. The second kappa shape index (κ2) is 6.16. The van der Waals surface area contributed by atoms with E-state index in [4.69, 9.17) is 9.57 Å². The molecule has 5 nitrogen and oxygen atoms in total. The number of hydrogen-bond acceptors (Lipinski definition) is 4. The Kier molecular flexibility index (Phi) is 4.61. The molecule has 1 aliphatic heterocycles. The third-order valence-electron chi connectivity index (χ3n) is 3.75. The van der Waals surface area contributed by atoms with Crippen molar-refractivity contribution in [1.29, 1.82) is 0 Å². The van der Waals surface area contributed by atoms with E-state index in [-0.39, 0.29) is 11.7 Å². The predicted molar refractivity (Wildman–Crippen MR) is 87.2 cm³/mol. The molecule has 23 heavy (non-hydrogen) atoms. The van der Waals surface area contributed by atoms with Crippen molar-refractivity contribution in [1.82, 2.24) is 5.06 Å². The van der Waals surface area contributed by atoms with E-state index in [1.165, 1.54) is 12.0 Å². The van der Waals surface area contributed by atoms with Crippen LogP contribution in [0.5, 0.6) is 0 Å². The summed E-state index contributed by atoms with van der Waals surface area (Å²) in [7, 11) is 0. The zero-order valence-corrected chi connectivity index (χ0v) is 14.5. The number of benzene rings is 1. The Bertz CT molecular complexity index is 688. The van der Waals surface area contributed by atoms with Gasteiger partial charge in [0, 0.05) is 13.5 Å². The number of rotatable bonds is 3. The summed E-state index contributed by atoms with van der Waals surface area (Å²) in [5, 5.41) is 1.31. The van der Waals surface area contributed by atoms with Crippen LogP contribution in [-0.2, 0) is 19.2 Å². The molecule has 0 unspecified atom stereocenters. The van der Waals surface area contributed by atoms with Crippen LogP contribution >= 0.6 is 0 Å². The van der Waals surface area contributed by atoms with Crippen molar-refractivity contribution in [2.45, 2.75) is 47.1 Å². The van der Waals surface area contributed by atoms with Gasteiger partial charge in [-0.2, -0.15) is 0 Å². The van der Waals surface area contributed by atoms with E-state index in [1.54, 1.807) is 13.8 Å². The van der Waals surface area contributed by atoms with Gasteiger partial charge in [0.25, 0.3) is 5.91 Å². The molecule has 0 bridgehead atoms. The summed E-state index contributed by atoms with van der Waals surface area (Å²) < 4.78 is 5.40. The van der Waals surface area contributed by atoms with E-state index in [9.17, 15) is 9.59 Å². The zero-order valence-electron chi connectivity index (χ0n) is 14.5. The fourth-order valence-electron chi connectivity index (χ4n) is 2.65. The Labute approximate surface area is 136 Å². The van der Waals surface area contributed by atoms with Gasteiger partial charge in [0.05, 0.1) is 5.57 Å². The number of ether oxygens (including phenoxy) is 1. The third kappa shape index (κ3) is 3.29. The summed E-state index contributed by atoms with van der Waals surface area (Å²) in [5.74, 6) is -0.512. The fraction of sp³-hybridized carbons (Fsp3) is 0.444. The van der Waals surface area contributed by atoms with Gasteiger partial charge in [0.15, 0.2) is 5.76 Å². The Morgan fingerprint density at radius 1 is 1.30 bits per heavy atom. The molecule has 0 saturated carbocycles. The van der Waals surface area contributed by atoms with Crippen LogP contribution in [0.1, 0.15) is 44.4 Å². The number of esters is 1. The summed E-state index contributed by atoms with van der Waals surface area (Å²) in [6, 6.07) is 5.87. The van der Waals surface area contributed by atoms with Gasteiger partial charge in [0.1, 0.15) is 5.60 Å². The first-order valence-electron chi connectivity index (χ1n) is 7.69. The number of aryl methyl sites for hydroxylation is 2. The second-order valence-electron chi connectivity index (χ2n) is 6.22. The van der Waals surface area contributed by atoms with E-state index in [0.29, 0.717) is 12.1 Å². The Morgan fingerprint density at radius 3 is 2.52 bits per heavy atom. The van der Waals surface area contributed by atoms with E-state index >= 15 is 0 Å². The van der Waals surface area contributed by atoms with Gasteiger partial charge < -0.3 is 4.74 Å². The van der Waals surface area contributed by atoms with Gasteiger partial charge in [0.2, 0.25) is 0 Å². The van der Waals surface area contributed by atoms with Crippen molar-refractivity contribution >= 4 is 17.4 Å². The van der Waals surface area contributed by atoms with Crippen LogP contribution in [0.2, 0.25) is 0 Å². The first-order valence-corrected chi connectivity index (χ1v) is 7.69. The zero-order chi connectivity index (χ0) is 17.4. The van der Waals surface area contributed by atoms with Crippen LogP contribution in [0.4, 0.5) is 0 Å². The lowest BCUT2D eigenvalue weighted by molar-refractivity contribution is -0.229. The molecule has 0 saturated heterocycles. The van der Waals surface area contributed by atoms with Crippen LogP contribution in [-0.4, -0.2) is 29.1 Å². The second-order valence-corrected chi connectivity index (χ2v) is 6.22. The van der Waals surface area contributed by atoms with Crippen LogP contribution < -0.4 is 0 Å². The topological polar surface area (TPSA) is 55.8 Å². The molecule has 0 atom stereocenters. The van der Waals surface area contributed by atoms with Crippen molar-refractivity contribution in [3.05, 3.63) is 40.6 Å². The molecule has 0 N–H and O–H groups in total. The molecule has 1 aromatic rings. The molecule has 0 spiro atoms. The number of carbonyl (C=O) groups excluding carboxylic acids is 2. The van der Waals surface area contributed by atoms with E-state index in [2.05, 4.69) is 0 Å². The van der Waals surface area contributed by atoms with Crippen molar-refractivity contribution < 1.29 is 19.2 Å². The maximum absolute atomic E-state index is 12.9. The average Bonchev–Trinajstić information content (AvgIpc) is 2.46. The van der Waals surface area contributed by atoms with E-state index < -0.39 is 11.6 Å². The van der Waals surface area contributed by atoms with Crippen LogP contribution in [0.25, 0.3) is 5.57 Å². The lowest BCUT2D eigenvalue weighted by Gasteiger charge is -2.39. The number of hydroxylamine groups is 2. The predicted octanol–water partition coefficient (Wildman–Crippen LogP) is 3.15. The van der Waals surface area contributed by atoms with Gasteiger partial charge in [-0.3, -0.25) is 14.4 Å². The van der Waals surface area contributed by atoms with Crippen molar-refractivity contribution in [3.63, 3.8) is 0 Å². The highest BCUT2D eigenvalue weighted by atomic mass is 16.7. The molecule has 1 aliphatic rings.